The molecular formula is C14H12N4O3. The number of hydrogen-bond donors (Lipinski definition) is 1. The first-order valence-electron chi connectivity index (χ1n) is 6.61. The maximum absolute atomic E-state index is 5.35. The van der Waals surface area contributed by atoms with E-state index in [0.29, 0.717) is 23.2 Å². The van der Waals surface area contributed by atoms with Crippen LogP contribution in [0.2, 0.25) is 0 Å². The third-order valence-electron chi connectivity index (χ3n) is 3.25. The van der Waals surface area contributed by atoms with Crippen LogP contribution < -0.4 is 9.47 Å². The fraction of sp³-hybridized carbons (Fsp3) is 0.214. The summed E-state index contributed by atoms with van der Waals surface area (Å²) in [5.41, 5.74) is 1.52. The fourth-order valence-electron chi connectivity index (χ4n) is 2.14. The van der Waals surface area contributed by atoms with E-state index >= 15 is 0 Å². The smallest absolute Gasteiger partial charge is 0.276 e. The van der Waals surface area contributed by atoms with Crippen LogP contribution >= 0.6 is 0 Å². The van der Waals surface area contributed by atoms with Crippen molar-refractivity contribution >= 4 is 0 Å². The van der Waals surface area contributed by atoms with E-state index in [4.69, 9.17) is 14.0 Å². The zero-order chi connectivity index (χ0) is 14.2. The van der Waals surface area contributed by atoms with Crippen molar-refractivity contribution in [3.63, 3.8) is 0 Å². The number of benzene rings is 1. The number of hydrogen-bond acceptors (Lipinski definition) is 6. The van der Waals surface area contributed by atoms with Crippen molar-refractivity contribution in [1.29, 1.82) is 0 Å². The highest BCUT2D eigenvalue weighted by Crippen LogP contribution is 2.35. The summed E-state index contributed by atoms with van der Waals surface area (Å²) < 4.78 is 15.9. The molecule has 0 aliphatic carbocycles. The number of aromatic nitrogens is 4. The minimum Gasteiger partial charge on any atom is -0.454 e. The number of rotatable bonds is 3. The summed E-state index contributed by atoms with van der Waals surface area (Å²) in [6, 6.07) is 5.53. The van der Waals surface area contributed by atoms with Crippen molar-refractivity contribution in [3.8, 4) is 34.5 Å². The molecule has 0 radical (unpaired) electrons. The number of aromatic amines is 1. The van der Waals surface area contributed by atoms with E-state index in [9.17, 15) is 0 Å². The molecule has 4 rings (SSSR count). The first-order chi connectivity index (χ1) is 10.3. The zero-order valence-electron chi connectivity index (χ0n) is 11.3. The van der Waals surface area contributed by atoms with Gasteiger partial charge in [0, 0.05) is 12.0 Å². The third kappa shape index (κ3) is 2.03. The topological polar surface area (TPSA) is 86.1 Å². The van der Waals surface area contributed by atoms with Gasteiger partial charge in [0.15, 0.2) is 11.5 Å². The Balaban J connectivity index is 1.67. The van der Waals surface area contributed by atoms with Crippen LogP contribution in [0.3, 0.4) is 0 Å². The summed E-state index contributed by atoms with van der Waals surface area (Å²) in [4.78, 5) is 11.7. The molecule has 0 bridgehead atoms. The van der Waals surface area contributed by atoms with E-state index in [1.165, 1.54) is 0 Å². The van der Waals surface area contributed by atoms with Gasteiger partial charge in [0.25, 0.3) is 5.89 Å². The largest absolute Gasteiger partial charge is 0.454 e. The zero-order valence-corrected chi connectivity index (χ0v) is 11.3. The molecule has 0 unspecified atom stereocenters. The monoisotopic (exact) mass is 284 g/mol. The van der Waals surface area contributed by atoms with E-state index in [-0.39, 0.29) is 6.79 Å². The molecule has 106 valence electrons. The Bertz CT molecular complexity index is 793. The number of nitrogens with one attached hydrogen (secondary N) is 1. The standard InChI is InChI=1S/C14H12N4O3/c1-2-12-15-6-9(16-12)14-17-13(18-21-14)8-3-4-10-11(5-8)20-7-19-10/h3-6H,2,7H2,1H3,(H,15,16). The lowest BCUT2D eigenvalue weighted by molar-refractivity contribution is 0.174. The Hall–Kier alpha value is -2.83. The number of nitrogens with zero attached hydrogens (tertiary/aromatic N) is 3. The lowest BCUT2D eigenvalue weighted by Gasteiger charge is -1.97. The van der Waals surface area contributed by atoms with Crippen molar-refractivity contribution in [1.82, 2.24) is 20.1 Å². The molecule has 3 aromatic rings. The molecule has 3 heterocycles. The van der Waals surface area contributed by atoms with Crippen LogP contribution in [0.15, 0.2) is 28.9 Å². The first kappa shape index (κ1) is 12.0. The second kappa shape index (κ2) is 4.62. The normalized spacial score (nSPS) is 12.8. The number of fused-ring (bicyclic) bond motifs is 1. The van der Waals surface area contributed by atoms with E-state index in [0.717, 1.165) is 23.6 Å². The molecule has 1 aliphatic heterocycles. The van der Waals surface area contributed by atoms with Gasteiger partial charge in [-0.15, -0.1) is 0 Å². The molecule has 0 amide bonds. The van der Waals surface area contributed by atoms with Crippen molar-refractivity contribution < 1.29 is 14.0 Å². The molecule has 7 heteroatoms. The summed E-state index contributed by atoms with van der Waals surface area (Å²) in [5.74, 6) is 3.20. The average molecular weight is 284 g/mol. The van der Waals surface area contributed by atoms with Gasteiger partial charge in [0.1, 0.15) is 11.5 Å². The molecule has 0 saturated heterocycles. The first-order valence-corrected chi connectivity index (χ1v) is 6.61. The summed E-state index contributed by atoms with van der Waals surface area (Å²) in [5, 5.41) is 3.99. The van der Waals surface area contributed by atoms with E-state index in [2.05, 4.69) is 20.1 Å². The highest BCUT2D eigenvalue weighted by Gasteiger charge is 2.17. The second-order valence-electron chi connectivity index (χ2n) is 4.59. The van der Waals surface area contributed by atoms with Crippen molar-refractivity contribution in [2.45, 2.75) is 13.3 Å². The van der Waals surface area contributed by atoms with Gasteiger partial charge in [-0.25, -0.2) is 4.98 Å². The lowest BCUT2D eigenvalue weighted by atomic mass is 10.2. The molecule has 1 aliphatic rings. The molecule has 21 heavy (non-hydrogen) atoms. The third-order valence-corrected chi connectivity index (χ3v) is 3.25. The van der Waals surface area contributed by atoms with Crippen LogP contribution in [0.4, 0.5) is 0 Å². The number of aryl methyl sites for hydroxylation is 1. The molecule has 7 nitrogen and oxygen atoms in total. The number of ether oxygens (including phenoxy) is 2. The van der Waals surface area contributed by atoms with Gasteiger partial charge in [-0.05, 0) is 18.2 Å². The maximum atomic E-state index is 5.35. The Morgan fingerprint density at radius 1 is 1.24 bits per heavy atom. The molecule has 0 spiro atoms. The van der Waals surface area contributed by atoms with Gasteiger partial charge >= 0.3 is 0 Å². The molecular weight excluding hydrogens is 272 g/mol. The highest BCUT2D eigenvalue weighted by molar-refractivity contribution is 5.62. The Morgan fingerprint density at radius 2 is 2.14 bits per heavy atom. The van der Waals surface area contributed by atoms with Crippen LogP contribution in [0.25, 0.3) is 23.0 Å². The van der Waals surface area contributed by atoms with Crippen LogP contribution in [-0.2, 0) is 6.42 Å². The molecule has 0 saturated carbocycles. The van der Waals surface area contributed by atoms with Gasteiger partial charge in [0.2, 0.25) is 12.6 Å². The van der Waals surface area contributed by atoms with Crippen LogP contribution in [0, 0.1) is 0 Å². The van der Waals surface area contributed by atoms with Crippen LogP contribution in [0.1, 0.15) is 12.7 Å². The predicted molar refractivity (Wildman–Crippen MR) is 72.8 cm³/mol. The van der Waals surface area contributed by atoms with Crippen LogP contribution in [0.5, 0.6) is 11.5 Å². The Kier molecular flexibility index (Phi) is 2.63. The average Bonchev–Trinajstić information content (AvgIpc) is 3.24. The summed E-state index contributed by atoms with van der Waals surface area (Å²) in [6.45, 7) is 2.26. The summed E-state index contributed by atoms with van der Waals surface area (Å²) in [6.07, 6.45) is 2.51. The van der Waals surface area contributed by atoms with E-state index < -0.39 is 0 Å². The fourth-order valence-corrected chi connectivity index (χ4v) is 2.14. The molecule has 1 N–H and O–H groups in total. The van der Waals surface area contributed by atoms with Gasteiger partial charge in [-0.1, -0.05) is 12.1 Å². The summed E-state index contributed by atoms with van der Waals surface area (Å²) in [7, 11) is 0. The van der Waals surface area contributed by atoms with Gasteiger partial charge in [-0.3, -0.25) is 0 Å². The minimum absolute atomic E-state index is 0.240. The van der Waals surface area contributed by atoms with Gasteiger partial charge < -0.3 is 19.0 Å². The second-order valence-corrected chi connectivity index (χ2v) is 4.59. The number of imidazole rings is 1. The lowest BCUT2D eigenvalue weighted by Crippen LogP contribution is -1.92. The summed E-state index contributed by atoms with van der Waals surface area (Å²) >= 11 is 0. The SMILES string of the molecule is CCc1ncc(-c2nc(-c3ccc4c(c3)OCO4)no2)[nH]1. The molecule has 0 fully saturated rings. The Morgan fingerprint density at radius 3 is 3.00 bits per heavy atom. The maximum Gasteiger partial charge on any atom is 0.276 e. The quantitative estimate of drug-likeness (QED) is 0.794. The van der Waals surface area contributed by atoms with Crippen molar-refractivity contribution in [3.05, 3.63) is 30.2 Å². The Labute approximate surface area is 119 Å². The van der Waals surface area contributed by atoms with Gasteiger partial charge in [0.05, 0.1) is 6.20 Å². The molecule has 2 aromatic heterocycles. The predicted octanol–water partition coefficient (Wildman–Crippen LogP) is 2.42. The van der Waals surface area contributed by atoms with Crippen molar-refractivity contribution in [2.75, 3.05) is 6.79 Å². The molecule has 0 atom stereocenters. The van der Waals surface area contributed by atoms with Crippen LogP contribution in [-0.4, -0.2) is 26.9 Å². The van der Waals surface area contributed by atoms with E-state index in [1.807, 2.05) is 25.1 Å². The van der Waals surface area contributed by atoms with Crippen molar-refractivity contribution in [2.24, 2.45) is 0 Å². The minimum atomic E-state index is 0.240. The highest BCUT2D eigenvalue weighted by atomic mass is 16.7. The van der Waals surface area contributed by atoms with E-state index in [1.54, 1.807) is 6.20 Å². The van der Waals surface area contributed by atoms with Gasteiger partial charge in [-0.2, -0.15) is 4.98 Å². The molecule has 1 aromatic carbocycles. The number of H-pyrrole nitrogens is 1.